The molecule has 58 valence electrons. The fraction of sp³-hybridized carbons (Fsp3) is 0.778. The summed E-state index contributed by atoms with van der Waals surface area (Å²) in [7, 11) is 0. The van der Waals surface area contributed by atoms with Crippen LogP contribution in [0.2, 0.25) is 0 Å². The zero-order valence-corrected chi connectivity index (χ0v) is 7.15. The molecular formula is C9H17N. The van der Waals surface area contributed by atoms with Crippen molar-refractivity contribution in [1.29, 1.82) is 0 Å². The van der Waals surface area contributed by atoms with Gasteiger partial charge >= 0.3 is 0 Å². The smallest absolute Gasteiger partial charge is 0.0343 e. The van der Waals surface area contributed by atoms with E-state index in [2.05, 4.69) is 38.4 Å². The Kier molecular flexibility index (Phi) is 2.02. The molecule has 0 aromatic heterocycles. The predicted molar refractivity (Wildman–Crippen MR) is 44.8 cm³/mol. The summed E-state index contributed by atoms with van der Waals surface area (Å²) in [4.78, 5) is 0. The van der Waals surface area contributed by atoms with E-state index >= 15 is 0 Å². The van der Waals surface area contributed by atoms with Crippen molar-refractivity contribution >= 4 is 0 Å². The maximum absolute atomic E-state index is 3.40. The standard InChI is InChI=1S/C9H17N/c1-4-9(3)7-8(2)5-6-10-9/h5-6,8,10H,4,7H2,1-3H3. The molecule has 0 saturated carbocycles. The third-order valence-corrected chi connectivity index (χ3v) is 2.41. The molecule has 0 amide bonds. The van der Waals surface area contributed by atoms with E-state index in [1.165, 1.54) is 12.8 Å². The first kappa shape index (κ1) is 7.64. The summed E-state index contributed by atoms with van der Waals surface area (Å²) in [6, 6.07) is 0. The van der Waals surface area contributed by atoms with Gasteiger partial charge in [0.05, 0.1) is 0 Å². The van der Waals surface area contributed by atoms with Crippen molar-refractivity contribution in [2.45, 2.75) is 39.2 Å². The van der Waals surface area contributed by atoms with Crippen LogP contribution in [0.25, 0.3) is 0 Å². The van der Waals surface area contributed by atoms with E-state index in [0.717, 1.165) is 5.92 Å². The molecular weight excluding hydrogens is 122 g/mol. The van der Waals surface area contributed by atoms with E-state index in [1.807, 2.05) is 0 Å². The van der Waals surface area contributed by atoms with Gasteiger partial charge in [-0.3, -0.25) is 0 Å². The zero-order valence-electron chi connectivity index (χ0n) is 7.15. The Bertz CT molecular complexity index is 140. The van der Waals surface area contributed by atoms with Crippen LogP contribution in [0.3, 0.4) is 0 Å². The molecule has 2 unspecified atom stereocenters. The lowest BCUT2D eigenvalue weighted by molar-refractivity contribution is 0.309. The first-order valence-corrected chi connectivity index (χ1v) is 4.11. The molecule has 0 saturated heterocycles. The van der Waals surface area contributed by atoms with Crippen molar-refractivity contribution in [3.63, 3.8) is 0 Å². The molecule has 1 heterocycles. The minimum Gasteiger partial charge on any atom is -0.386 e. The summed E-state index contributed by atoms with van der Waals surface area (Å²) in [6.07, 6.45) is 6.80. The first-order chi connectivity index (χ1) is 4.66. The van der Waals surface area contributed by atoms with Crippen LogP contribution in [-0.2, 0) is 0 Å². The van der Waals surface area contributed by atoms with E-state index in [1.54, 1.807) is 0 Å². The average Bonchev–Trinajstić information content (AvgIpc) is 1.88. The van der Waals surface area contributed by atoms with Gasteiger partial charge in [0.15, 0.2) is 0 Å². The van der Waals surface area contributed by atoms with Gasteiger partial charge in [-0.2, -0.15) is 0 Å². The molecule has 0 aromatic rings. The molecule has 1 aliphatic rings. The Balaban J connectivity index is 2.58. The summed E-state index contributed by atoms with van der Waals surface area (Å²) >= 11 is 0. The summed E-state index contributed by atoms with van der Waals surface area (Å²) in [5.41, 5.74) is 0.355. The summed E-state index contributed by atoms with van der Waals surface area (Å²) < 4.78 is 0. The largest absolute Gasteiger partial charge is 0.386 e. The number of hydrogen-bond donors (Lipinski definition) is 1. The van der Waals surface area contributed by atoms with E-state index in [9.17, 15) is 0 Å². The fourth-order valence-electron chi connectivity index (χ4n) is 1.50. The van der Waals surface area contributed by atoms with Crippen LogP contribution < -0.4 is 5.32 Å². The van der Waals surface area contributed by atoms with Crippen LogP contribution in [0.1, 0.15) is 33.6 Å². The Morgan fingerprint density at radius 2 is 2.40 bits per heavy atom. The van der Waals surface area contributed by atoms with Crippen LogP contribution in [0.4, 0.5) is 0 Å². The fourth-order valence-corrected chi connectivity index (χ4v) is 1.50. The van der Waals surface area contributed by atoms with Gasteiger partial charge < -0.3 is 5.32 Å². The highest BCUT2D eigenvalue weighted by Crippen LogP contribution is 2.24. The first-order valence-electron chi connectivity index (χ1n) is 4.11. The summed E-state index contributed by atoms with van der Waals surface area (Å²) in [6.45, 7) is 6.79. The van der Waals surface area contributed by atoms with Gasteiger partial charge in [0, 0.05) is 5.54 Å². The molecule has 0 aliphatic carbocycles. The van der Waals surface area contributed by atoms with Gasteiger partial charge in [-0.25, -0.2) is 0 Å². The van der Waals surface area contributed by atoms with Crippen LogP contribution >= 0.6 is 0 Å². The predicted octanol–water partition coefficient (Wildman–Crippen LogP) is 2.30. The van der Waals surface area contributed by atoms with Gasteiger partial charge in [0.1, 0.15) is 0 Å². The van der Waals surface area contributed by atoms with Crippen molar-refractivity contribution in [2.24, 2.45) is 5.92 Å². The van der Waals surface area contributed by atoms with Crippen molar-refractivity contribution in [1.82, 2.24) is 5.32 Å². The van der Waals surface area contributed by atoms with Gasteiger partial charge in [-0.15, -0.1) is 0 Å². The molecule has 0 fully saturated rings. The van der Waals surface area contributed by atoms with E-state index in [4.69, 9.17) is 0 Å². The normalized spacial score (nSPS) is 39.3. The second-order valence-electron chi connectivity index (χ2n) is 3.60. The van der Waals surface area contributed by atoms with Crippen molar-refractivity contribution in [2.75, 3.05) is 0 Å². The number of hydrogen-bond acceptors (Lipinski definition) is 1. The Morgan fingerprint density at radius 1 is 1.70 bits per heavy atom. The van der Waals surface area contributed by atoms with Crippen LogP contribution in [0, 0.1) is 5.92 Å². The minimum atomic E-state index is 0.355. The van der Waals surface area contributed by atoms with Crippen LogP contribution in [0.15, 0.2) is 12.3 Å². The molecule has 1 nitrogen and oxygen atoms in total. The second kappa shape index (κ2) is 2.65. The van der Waals surface area contributed by atoms with E-state index in [-0.39, 0.29) is 0 Å². The Morgan fingerprint density at radius 3 is 2.80 bits per heavy atom. The highest BCUT2D eigenvalue weighted by atomic mass is 14.9. The monoisotopic (exact) mass is 139 g/mol. The van der Waals surface area contributed by atoms with Crippen molar-refractivity contribution in [3.8, 4) is 0 Å². The average molecular weight is 139 g/mol. The molecule has 1 N–H and O–H groups in total. The topological polar surface area (TPSA) is 12.0 Å². The Hall–Kier alpha value is -0.460. The lowest BCUT2D eigenvalue weighted by atomic mass is 9.85. The number of rotatable bonds is 1. The summed E-state index contributed by atoms with van der Waals surface area (Å²) in [5, 5.41) is 3.40. The maximum Gasteiger partial charge on any atom is 0.0343 e. The quantitative estimate of drug-likeness (QED) is 0.587. The molecule has 0 bridgehead atoms. The molecule has 2 atom stereocenters. The molecule has 1 rings (SSSR count). The molecule has 10 heavy (non-hydrogen) atoms. The van der Waals surface area contributed by atoms with E-state index < -0.39 is 0 Å². The molecule has 1 heteroatoms. The van der Waals surface area contributed by atoms with Crippen LogP contribution in [-0.4, -0.2) is 5.54 Å². The molecule has 0 radical (unpaired) electrons. The zero-order chi connectivity index (χ0) is 7.61. The maximum atomic E-state index is 3.40. The highest BCUT2D eigenvalue weighted by molar-refractivity contribution is 5.00. The minimum absolute atomic E-state index is 0.355. The number of allylic oxidation sites excluding steroid dienone is 1. The van der Waals surface area contributed by atoms with Gasteiger partial charge in [0.25, 0.3) is 0 Å². The lowest BCUT2D eigenvalue weighted by Gasteiger charge is -2.34. The van der Waals surface area contributed by atoms with Crippen molar-refractivity contribution in [3.05, 3.63) is 12.3 Å². The Labute approximate surface area is 63.5 Å². The van der Waals surface area contributed by atoms with Gasteiger partial charge in [-0.05, 0) is 31.9 Å². The second-order valence-corrected chi connectivity index (χ2v) is 3.60. The third-order valence-electron chi connectivity index (χ3n) is 2.41. The third kappa shape index (κ3) is 1.53. The van der Waals surface area contributed by atoms with Gasteiger partial charge in [-0.1, -0.05) is 19.9 Å². The highest BCUT2D eigenvalue weighted by Gasteiger charge is 2.24. The number of nitrogens with one attached hydrogen (secondary N) is 1. The molecule has 1 aliphatic heterocycles. The SMILES string of the molecule is CCC1(C)CC(C)C=CN1. The van der Waals surface area contributed by atoms with Crippen LogP contribution in [0.5, 0.6) is 0 Å². The molecule has 0 aromatic carbocycles. The van der Waals surface area contributed by atoms with E-state index in [0.29, 0.717) is 5.54 Å². The molecule has 0 spiro atoms. The van der Waals surface area contributed by atoms with Crippen molar-refractivity contribution < 1.29 is 0 Å². The summed E-state index contributed by atoms with van der Waals surface area (Å²) in [5.74, 6) is 0.742. The lowest BCUT2D eigenvalue weighted by Crippen LogP contribution is -2.41. The van der Waals surface area contributed by atoms with Gasteiger partial charge in [0.2, 0.25) is 0 Å².